The molecular formula is C17H21BrNO2. The Hall–Kier alpha value is -1.29. The zero-order valence-corrected chi connectivity index (χ0v) is 14.4. The quantitative estimate of drug-likeness (QED) is 0.723. The zero-order chi connectivity index (χ0) is 15.4. The van der Waals surface area contributed by atoms with Crippen molar-refractivity contribution in [2.75, 3.05) is 6.61 Å². The zero-order valence-electron chi connectivity index (χ0n) is 12.8. The van der Waals surface area contributed by atoms with Crippen molar-refractivity contribution in [2.24, 2.45) is 5.92 Å². The van der Waals surface area contributed by atoms with Crippen LogP contribution in [0.3, 0.4) is 0 Å². The number of hydrogen-bond acceptors (Lipinski definition) is 2. The lowest BCUT2D eigenvalue weighted by Gasteiger charge is -2.14. The molecule has 0 aliphatic rings. The Morgan fingerprint density at radius 2 is 2.10 bits per heavy atom. The Balaban J connectivity index is 2.54. The van der Waals surface area contributed by atoms with Gasteiger partial charge in [-0.3, -0.25) is 4.79 Å². The summed E-state index contributed by atoms with van der Waals surface area (Å²) < 4.78 is 8.43. The first-order valence-corrected chi connectivity index (χ1v) is 8.20. The third-order valence-electron chi connectivity index (χ3n) is 3.23. The molecule has 0 amide bonds. The maximum Gasteiger partial charge on any atom is 0.259 e. The second-order valence-corrected chi connectivity index (χ2v) is 6.56. The van der Waals surface area contributed by atoms with Crippen LogP contribution >= 0.6 is 15.9 Å². The van der Waals surface area contributed by atoms with E-state index in [0.29, 0.717) is 30.2 Å². The fraction of sp³-hybridized carbons (Fsp3) is 0.471. The summed E-state index contributed by atoms with van der Waals surface area (Å²) in [6.07, 6.45) is 5.20. The number of benzene rings is 1. The molecule has 2 rings (SSSR count). The number of hydrogen-bond donors (Lipinski definition) is 0. The van der Waals surface area contributed by atoms with E-state index in [9.17, 15) is 4.79 Å². The molecule has 0 atom stereocenters. The Kier molecular flexibility index (Phi) is 5.45. The molecule has 0 bridgehead atoms. The summed E-state index contributed by atoms with van der Waals surface area (Å²) in [5.41, 5.74) is -0.00552. The van der Waals surface area contributed by atoms with Gasteiger partial charge in [0.15, 0.2) is 5.75 Å². The number of nitrogens with zero attached hydrogens (tertiary/aromatic N) is 1. The lowest BCUT2D eigenvalue weighted by molar-refractivity contribution is 0.308. The van der Waals surface area contributed by atoms with E-state index in [4.69, 9.17) is 4.74 Å². The van der Waals surface area contributed by atoms with Crippen molar-refractivity contribution in [3.8, 4) is 5.75 Å². The first kappa shape index (κ1) is 16.1. The molecule has 0 spiro atoms. The van der Waals surface area contributed by atoms with Gasteiger partial charge in [-0.15, -0.1) is 0 Å². The molecule has 0 aliphatic carbocycles. The molecule has 1 heterocycles. The predicted molar refractivity (Wildman–Crippen MR) is 90.0 cm³/mol. The van der Waals surface area contributed by atoms with Gasteiger partial charge in [-0.1, -0.05) is 43.1 Å². The molecule has 0 saturated carbocycles. The summed E-state index contributed by atoms with van der Waals surface area (Å²) in [4.78, 5) is 12.5. The largest absolute Gasteiger partial charge is 0.491 e. The van der Waals surface area contributed by atoms with Crippen molar-refractivity contribution in [2.45, 2.75) is 40.2 Å². The van der Waals surface area contributed by atoms with Crippen LogP contribution in [0.1, 0.15) is 33.6 Å². The lowest BCUT2D eigenvalue weighted by atomic mass is 10.1. The summed E-state index contributed by atoms with van der Waals surface area (Å²) in [6.45, 7) is 7.60. The molecule has 2 aromatic rings. The van der Waals surface area contributed by atoms with Gasteiger partial charge < -0.3 is 9.30 Å². The highest BCUT2D eigenvalue weighted by atomic mass is 79.9. The van der Waals surface area contributed by atoms with Crippen LogP contribution in [0.15, 0.2) is 27.5 Å². The van der Waals surface area contributed by atoms with Crippen molar-refractivity contribution in [3.05, 3.63) is 39.2 Å². The smallest absolute Gasteiger partial charge is 0.259 e. The highest BCUT2D eigenvalue weighted by Crippen LogP contribution is 2.26. The first-order chi connectivity index (χ1) is 10.0. The minimum Gasteiger partial charge on any atom is -0.491 e. The van der Waals surface area contributed by atoms with Crippen molar-refractivity contribution in [1.82, 2.24) is 4.57 Å². The van der Waals surface area contributed by atoms with E-state index >= 15 is 0 Å². The highest BCUT2D eigenvalue weighted by molar-refractivity contribution is 9.10. The molecule has 0 fully saturated rings. The molecule has 0 saturated heterocycles. The number of aromatic nitrogens is 1. The van der Waals surface area contributed by atoms with Gasteiger partial charge in [0.25, 0.3) is 5.56 Å². The number of ether oxygens (including phenoxy) is 1. The van der Waals surface area contributed by atoms with Crippen LogP contribution in [0, 0.1) is 12.1 Å². The molecule has 21 heavy (non-hydrogen) atoms. The number of unbranched alkanes of at least 4 members (excludes halogenated alkanes) is 1. The number of fused-ring (bicyclic) bond motifs is 1. The number of rotatable bonds is 6. The molecule has 1 aromatic heterocycles. The Morgan fingerprint density at radius 3 is 2.76 bits per heavy atom. The van der Waals surface area contributed by atoms with Crippen molar-refractivity contribution < 1.29 is 4.74 Å². The van der Waals surface area contributed by atoms with Gasteiger partial charge in [0, 0.05) is 16.4 Å². The Labute approximate surface area is 134 Å². The van der Waals surface area contributed by atoms with Crippen LogP contribution < -0.4 is 10.3 Å². The summed E-state index contributed by atoms with van der Waals surface area (Å²) in [7, 11) is 0. The summed E-state index contributed by atoms with van der Waals surface area (Å²) >= 11 is 3.45. The Morgan fingerprint density at radius 1 is 1.33 bits per heavy atom. The molecule has 3 nitrogen and oxygen atoms in total. The summed E-state index contributed by atoms with van der Waals surface area (Å²) in [6, 6.07) is 5.66. The molecule has 4 heteroatoms. The number of pyridine rings is 1. The van der Waals surface area contributed by atoms with E-state index in [2.05, 4.69) is 42.9 Å². The highest BCUT2D eigenvalue weighted by Gasteiger charge is 2.12. The van der Waals surface area contributed by atoms with Crippen LogP contribution in [0.25, 0.3) is 10.8 Å². The minimum absolute atomic E-state index is 0.00552. The third kappa shape index (κ3) is 3.88. The summed E-state index contributed by atoms with van der Waals surface area (Å²) in [5.74, 6) is 1.05. The molecular weight excluding hydrogens is 330 g/mol. The molecule has 0 aliphatic heterocycles. The standard InChI is InChI=1S/C17H21BrNO2/c1-4-5-8-21-16-11-19(10-12(2)3)17(20)14-7-6-13(18)9-15(14)16/h6-7,9,12H,4-5,8,10H2,1-3H3. The van der Waals surface area contributed by atoms with E-state index < -0.39 is 0 Å². The fourth-order valence-corrected chi connectivity index (χ4v) is 2.55. The van der Waals surface area contributed by atoms with Gasteiger partial charge in [-0.05, 0) is 30.5 Å². The number of halogens is 1. The van der Waals surface area contributed by atoms with Crippen molar-refractivity contribution >= 4 is 26.7 Å². The van der Waals surface area contributed by atoms with Gasteiger partial charge in [0.2, 0.25) is 0 Å². The predicted octanol–water partition coefficient (Wildman–Crippen LogP) is 4.40. The van der Waals surface area contributed by atoms with E-state index in [-0.39, 0.29) is 5.56 Å². The van der Waals surface area contributed by atoms with Crippen molar-refractivity contribution in [1.29, 1.82) is 0 Å². The molecule has 0 N–H and O–H groups in total. The van der Waals surface area contributed by atoms with E-state index in [1.54, 1.807) is 4.57 Å². The topological polar surface area (TPSA) is 31.2 Å². The summed E-state index contributed by atoms with van der Waals surface area (Å²) in [5, 5.41) is 1.51. The van der Waals surface area contributed by atoms with Gasteiger partial charge in [-0.2, -0.15) is 0 Å². The van der Waals surface area contributed by atoms with E-state index in [0.717, 1.165) is 22.7 Å². The third-order valence-corrected chi connectivity index (χ3v) is 3.72. The van der Waals surface area contributed by atoms with Crippen LogP contribution in [0.4, 0.5) is 0 Å². The Bertz CT molecular complexity index is 676. The maximum atomic E-state index is 12.5. The molecule has 1 aromatic carbocycles. The first-order valence-electron chi connectivity index (χ1n) is 7.41. The van der Waals surface area contributed by atoms with Crippen molar-refractivity contribution in [3.63, 3.8) is 0 Å². The van der Waals surface area contributed by atoms with Crippen LogP contribution in [0.2, 0.25) is 0 Å². The SMILES string of the molecule is CCCCOc1[c]n(CC(C)C)c(=O)c2ccc(Br)cc12. The second kappa shape index (κ2) is 7.12. The fourth-order valence-electron chi connectivity index (χ4n) is 2.19. The average molecular weight is 351 g/mol. The molecule has 1 radical (unpaired) electrons. The van der Waals surface area contributed by atoms with Crippen LogP contribution in [0.5, 0.6) is 5.75 Å². The van der Waals surface area contributed by atoms with Gasteiger partial charge in [-0.25, -0.2) is 0 Å². The van der Waals surface area contributed by atoms with Gasteiger partial charge in [0.1, 0.15) is 6.20 Å². The minimum atomic E-state index is -0.00552. The van der Waals surface area contributed by atoms with Crippen LogP contribution in [-0.4, -0.2) is 11.2 Å². The van der Waals surface area contributed by atoms with E-state index in [1.807, 2.05) is 18.2 Å². The van der Waals surface area contributed by atoms with Crippen LogP contribution in [-0.2, 0) is 6.54 Å². The second-order valence-electron chi connectivity index (χ2n) is 5.64. The molecule has 0 unspecified atom stereocenters. The normalized spacial score (nSPS) is 11.3. The van der Waals surface area contributed by atoms with Gasteiger partial charge in [0.05, 0.1) is 12.0 Å². The average Bonchev–Trinajstić information content (AvgIpc) is 2.43. The monoisotopic (exact) mass is 350 g/mol. The lowest BCUT2D eigenvalue weighted by Crippen LogP contribution is -2.23. The maximum absolute atomic E-state index is 12.5. The molecule has 113 valence electrons. The van der Waals surface area contributed by atoms with Gasteiger partial charge >= 0.3 is 0 Å². The van der Waals surface area contributed by atoms with E-state index in [1.165, 1.54) is 0 Å².